The molecule has 118 valence electrons. The van der Waals surface area contributed by atoms with E-state index in [2.05, 4.69) is 15.6 Å². The van der Waals surface area contributed by atoms with Gasteiger partial charge in [0.25, 0.3) is 0 Å². The molecule has 1 aromatic carbocycles. The Labute approximate surface area is 132 Å². The Morgan fingerprint density at radius 1 is 1.50 bits per heavy atom. The molecule has 1 unspecified atom stereocenters. The summed E-state index contributed by atoms with van der Waals surface area (Å²) in [5, 5.41) is 8.25. The molecule has 5 nitrogen and oxygen atoms in total. The fourth-order valence-electron chi connectivity index (χ4n) is 2.01. The maximum Gasteiger partial charge on any atom is 0.315 e. The number of hydrogen-bond donors (Lipinski definition) is 2. The first kappa shape index (κ1) is 16.2. The van der Waals surface area contributed by atoms with E-state index < -0.39 is 0 Å². The Hall–Kier alpha value is -2.15. The molecule has 0 aliphatic heterocycles. The Bertz CT molecular complexity index is 660. The van der Waals surface area contributed by atoms with E-state index in [1.165, 1.54) is 30.6 Å². The number of rotatable bonds is 5. The highest BCUT2D eigenvalue weighted by Crippen LogP contribution is 2.25. The van der Waals surface area contributed by atoms with Crippen LogP contribution in [0.4, 0.5) is 9.18 Å². The maximum absolute atomic E-state index is 13.4. The average molecular weight is 323 g/mol. The second kappa shape index (κ2) is 7.22. The molecule has 0 saturated carbocycles. The molecule has 0 spiro atoms. The number of nitrogens with one attached hydrogen (secondary N) is 2. The van der Waals surface area contributed by atoms with E-state index in [-0.39, 0.29) is 17.9 Å². The van der Waals surface area contributed by atoms with Crippen LogP contribution >= 0.6 is 11.3 Å². The van der Waals surface area contributed by atoms with Gasteiger partial charge in [0.15, 0.2) is 0 Å². The van der Waals surface area contributed by atoms with Crippen LogP contribution in [0.1, 0.15) is 29.2 Å². The van der Waals surface area contributed by atoms with Crippen molar-refractivity contribution in [2.75, 3.05) is 7.11 Å². The van der Waals surface area contributed by atoms with Crippen LogP contribution in [-0.4, -0.2) is 18.1 Å². The number of methoxy groups -OCH3 is 1. The van der Waals surface area contributed by atoms with Crippen LogP contribution in [0, 0.1) is 12.7 Å². The Morgan fingerprint density at radius 3 is 2.91 bits per heavy atom. The molecule has 0 aliphatic rings. The SMILES string of the molecule is COc1ccc(F)cc1C(C)NC(=O)NCc1nc(C)cs1. The van der Waals surface area contributed by atoms with Crippen LogP contribution in [0.15, 0.2) is 23.6 Å². The highest BCUT2D eigenvalue weighted by molar-refractivity contribution is 7.09. The molecular weight excluding hydrogens is 305 g/mol. The molecular formula is C15H18FN3O2S. The second-order valence-electron chi connectivity index (χ2n) is 4.82. The third kappa shape index (κ3) is 4.17. The molecule has 2 amide bonds. The summed E-state index contributed by atoms with van der Waals surface area (Å²) in [6.45, 7) is 4.03. The van der Waals surface area contributed by atoms with Crippen molar-refractivity contribution in [3.8, 4) is 5.75 Å². The summed E-state index contributed by atoms with van der Waals surface area (Å²) in [6.07, 6.45) is 0. The predicted molar refractivity (Wildman–Crippen MR) is 83.6 cm³/mol. The van der Waals surface area contributed by atoms with Gasteiger partial charge in [-0.2, -0.15) is 0 Å². The van der Waals surface area contributed by atoms with Crippen LogP contribution in [0.5, 0.6) is 5.75 Å². The molecule has 0 fully saturated rings. The molecule has 0 bridgehead atoms. The van der Waals surface area contributed by atoms with Crippen molar-refractivity contribution in [3.63, 3.8) is 0 Å². The highest BCUT2D eigenvalue weighted by Gasteiger charge is 2.15. The van der Waals surface area contributed by atoms with Crippen molar-refractivity contribution in [1.29, 1.82) is 0 Å². The predicted octanol–water partition coefficient (Wildman–Crippen LogP) is 3.16. The number of ether oxygens (including phenoxy) is 1. The summed E-state index contributed by atoms with van der Waals surface area (Å²) in [5.74, 6) is 0.160. The van der Waals surface area contributed by atoms with E-state index in [4.69, 9.17) is 4.74 Å². The fourth-order valence-corrected chi connectivity index (χ4v) is 2.72. The number of halogens is 1. The van der Waals surface area contributed by atoms with Crippen molar-refractivity contribution < 1.29 is 13.9 Å². The first-order valence-electron chi connectivity index (χ1n) is 6.78. The first-order valence-corrected chi connectivity index (χ1v) is 7.66. The molecule has 1 atom stereocenters. The molecule has 0 radical (unpaired) electrons. The van der Waals surface area contributed by atoms with E-state index in [0.29, 0.717) is 17.9 Å². The van der Waals surface area contributed by atoms with E-state index >= 15 is 0 Å². The van der Waals surface area contributed by atoms with Crippen LogP contribution in [-0.2, 0) is 6.54 Å². The highest BCUT2D eigenvalue weighted by atomic mass is 32.1. The van der Waals surface area contributed by atoms with Crippen LogP contribution in [0.2, 0.25) is 0 Å². The van der Waals surface area contributed by atoms with Crippen molar-refractivity contribution >= 4 is 17.4 Å². The minimum Gasteiger partial charge on any atom is -0.496 e. The second-order valence-corrected chi connectivity index (χ2v) is 5.76. The van der Waals surface area contributed by atoms with Crippen molar-refractivity contribution in [2.24, 2.45) is 0 Å². The van der Waals surface area contributed by atoms with Gasteiger partial charge in [-0.1, -0.05) is 0 Å². The summed E-state index contributed by atoms with van der Waals surface area (Å²) < 4.78 is 18.6. The van der Waals surface area contributed by atoms with Gasteiger partial charge in [-0.25, -0.2) is 14.2 Å². The summed E-state index contributed by atoms with van der Waals surface area (Å²) >= 11 is 1.49. The van der Waals surface area contributed by atoms with E-state index in [9.17, 15) is 9.18 Å². The number of carbonyl (C=O) groups excluding carboxylic acids is 1. The number of benzene rings is 1. The Kier molecular flexibility index (Phi) is 5.32. The van der Waals surface area contributed by atoms with Gasteiger partial charge < -0.3 is 15.4 Å². The zero-order valence-corrected chi connectivity index (χ0v) is 13.5. The Morgan fingerprint density at radius 2 is 2.27 bits per heavy atom. The minimum atomic E-state index is -0.385. The van der Waals surface area contributed by atoms with E-state index in [1.807, 2.05) is 12.3 Å². The lowest BCUT2D eigenvalue weighted by atomic mass is 10.1. The van der Waals surface area contributed by atoms with Gasteiger partial charge in [-0.05, 0) is 32.0 Å². The summed E-state index contributed by atoms with van der Waals surface area (Å²) in [4.78, 5) is 16.2. The molecule has 1 aromatic heterocycles. The molecule has 7 heteroatoms. The number of carbonyl (C=O) groups is 1. The quantitative estimate of drug-likeness (QED) is 0.888. The van der Waals surface area contributed by atoms with Gasteiger partial charge in [-0.15, -0.1) is 11.3 Å². The van der Waals surface area contributed by atoms with Gasteiger partial charge in [0.1, 0.15) is 16.6 Å². The zero-order valence-electron chi connectivity index (χ0n) is 12.6. The Balaban J connectivity index is 1.94. The average Bonchev–Trinajstić information content (AvgIpc) is 2.90. The van der Waals surface area contributed by atoms with Crippen molar-refractivity contribution in [2.45, 2.75) is 26.4 Å². The van der Waals surface area contributed by atoms with Crippen molar-refractivity contribution in [1.82, 2.24) is 15.6 Å². The van der Waals surface area contributed by atoms with Crippen molar-refractivity contribution in [3.05, 3.63) is 45.7 Å². The number of amides is 2. The third-order valence-electron chi connectivity index (χ3n) is 3.07. The van der Waals surface area contributed by atoms with Gasteiger partial charge in [-0.3, -0.25) is 0 Å². The first-order chi connectivity index (χ1) is 10.5. The summed E-state index contributed by atoms with van der Waals surface area (Å²) in [7, 11) is 1.51. The molecule has 1 heterocycles. The largest absolute Gasteiger partial charge is 0.496 e. The lowest BCUT2D eigenvalue weighted by molar-refractivity contribution is 0.237. The lowest BCUT2D eigenvalue weighted by Crippen LogP contribution is -2.36. The molecule has 0 aliphatic carbocycles. The molecule has 2 rings (SSSR count). The molecule has 22 heavy (non-hydrogen) atoms. The summed E-state index contributed by atoms with van der Waals surface area (Å²) in [5.41, 5.74) is 1.52. The molecule has 0 saturated heterocycles. The van der Waals surface area contributed by atoms with Crippen LogP contribution in [0.25, 0.3) is 0 Å². The number of aromatic nitrogens is 1. The van der Waals surface area contributed by atoms with Gasteiger partial charge >= 0.3 is 6.03 Å². The molecule has 2 N–H and O–H groups in total. The fraction of sp³-hybridized carbons (Fsp3) is 0.333. The standard InChI is InChI=1S/C15H18FN3O2S/c1-9-8-22-14(18-9)7-17-15(20)19-10(2)12-6-11(16)4-5-13(12)21-3/h4-6,8,10H,7H2,1-3H3,(H2,17,19,20). The van der Waals surface area contributed by atoms with Crippen LogP contribution < -0.4 is 15.4 Å². The van der Waals surface area contributed by atoms with Crippen LogP contribution in [0.3, 0.4) is 0 Å². The number of aryl methyl sites for hydroxylation is 1. The van der Waals surface area contributed by atoms with Gasteiger partial charge in [0, 0.05) is 16.6 Å². The smallest absolute Gasteiger partial charge is 0.315 e. The maximum atomic E-state index is 13.4. The monoisotopic (exact) mass is 323 g/mol. The number of nitrogens with zero attached hydrogens (tertiary/aromatic N) is 1. The number of thiazole rings is 1. The third-order valence-corrected chi connectivity index (χ3v) is 4.04. The number of urea groups is 1. The molecule has 2 aromatic rings. The topological polar surface area (TPSA) is 63.2 Å². The van der Waals surface area contributed by atoms with Gasteiger partial charge in [0.05, 0.1) is 19.7 Å². The summed E-state index contributed by atoms with van der Waals surface area (Å²) in [6, 6.07) is 3.49. The van der Waals surface area contributed by atoms with E-state index in [0.717, 1.165) is 10.7 Å². The number of hydrogen-bond acceptors (Lipinski definition) is 4. The normalized spacial score (nSPS) is 11.8. The van der Waals surface area contributed by atoms with Gasteiger partial charge in [0.2, 0.25) is 0 Å². The minimum absolute atomic E-state index is 0.341. The zero-order chi connectivity index (χ0) is 16.1. The lowest BCUT2D eigenvalue weighted by Gasteiger charge is -2.17. The van der Waals surface area contributed by atoms with E-state index in [1.54, 1.807) is 13.0 Å².